The summed E-state index contributed by atoms with van der Waals surface area (Å²) in [7, 11) is 0. The van der Waals surface area contributed by atoms with E-state index in [0.29, 0.717) is 0 Å². The van der Waals surface area contributed by atoms with Crippen LogP contribution in [-0.4, -0.2) is 12.0 Å². The van der Waals surface area contributed by atoms with Crippen molar-refractivity contribution in [3.05, 3.63) is 103 Å². The average Bonchev–Trinajstić information content (AvgIpc) is 2.80. The molecule has 3 aromatic carbocycles. The summed E-state index contributed by atoms with van der Waals surface area (Å²) in [5, 5.41) is 3.64. The zero-order valence-corrected chi connectivity index (χ0v) is 19.2. The first-order chi connectivity index (χ1) is 14.2. The van der Waals surface area contributed by atoms with Gasteiger partial charge in [-0.2, -0.15) is 0 Å². The van der Waals surface area contributed by atoms with Gasteiger partial charge in [0.05, 0.1) is 0 Å². The van der Waals surface area contributed by atoms with Gasteiger partial charge in [-0.25, -0.2) is 0 Å². The molecule has 0 unspecified atom stereocenters. The van der Waals surface area contributed by atoms with Gasteiger partial charge in [-0.1, -0.05) is 0 Å². The van der Waals surface area contributed by atoms with Crippen LogP contribution in [0.3, 0.4) is 0 Å². The molecular formula is C26H29Cl2P. The van der Waals surface area contributed by atoms with Crippen LogP contribution in [0.25, 0.3) is 0 Å². The van der Waals surface area contributed by atoms with Gasteiger partial charge in [0.1, 0.15) is 0 Å². The maximum absolute atomic E-state index is 8.00. The summed E-state index contributed by atoms with van der Waals surface area (Å²) in [5.74, 6) is -2.40. The molecule has 152 valence electrons. The molecule has 0 nitrogen and oxygen atoms in total. The van der Waals surface area contributed by atoms with Gasteiger partial charge in [0.25, 0.3) is 0 Å². The molecule has 0 spiro atoms. The van der Waals surface area contributed by atoms with Gasteiger partial charge < -0.3 is 0 Å². The summed E-state index contributed by atoms with van der Waals surface area (Å²) in [6, 6.07) is 31.9. The maximum atomic E-state index is 8.00. The Morgan fingerprint density at radius 2 is 1.03 bits per heavy atom. The third-order valence-electron chi connectivity index (χ3n) is 5.50. The van der Waals surface area contributed by atoms with Crippen molar-refractivity contribution in [2.75, 3.05) is 12.0 Å². The topological polar surface area (TPSA) is 0 Å². The van der Waals surface area contributed by atoms with Crippen molar-refractivity contribution >= 4 is 44.7 Å². The molecule has 0 fully saturated rings. The second kappa shape index (κ2) is 10.4. The van der Waals surface area contributed by atoms with Crippen molar-refractivity contribution < 1.29 is 0 Å². The summed E-state index contributed by atoms with van der Waals surface area (Å²) in [6.45, 7) is 0. The van der Waals surface area contributed by atoms with E-state index in [0.717, 1.165) is 24.9 Å². The van der Waals surface area contributed by atoms with Gasteiger partial charge in [0, 0.05) is 0 Å². The number of hydrogen-bond donors (Lipinski definition) is 0. The molecule has 0 amide bonds. The van der Waals surface area contributed by atoms with E-state index in [9.17, 15) is 0 Å². The van der Waals surface area contributed by atoms with Gasteiger partial charge in [0.2, 0.25) is 0 Å². The van der Waals surface area contributed by atoms with Crippen molar-refractivity contribution in [1.29, 1.82) is 0 Å². The van der Waals surface area contributed by atoms with E-state index in [1.165, 1.54) is 28.8 Å². The number of alkyl halides is 1. The summed E-state index contributed by atoms with van der Waals surface area (Å²) < 4.78 is 0. The van der Waals surface area contributed by atoms with Crippen LogP contribution in [0.4, 0.5) is 0 Å². The van der Waals surface area contributed by atoms with Gasteiger partial charge in [0.15, 0.2) is 0 Å². The predicted octanol–water partition coefficient (Wildman–Crippen LogP) is 7.03. The fraction of sp³-hybridized carbons (Fsp3) is 0.231. The van der Waals surface area contributed by atoms with Gasteiger partial charge in [-0.15, -0.1) is 0 Å². The Morgan fingerprint density at radius 3 is 1.45 bits per heavy atom. The summed E-state index contributed by atoms with van der Waals surface area (Å²) in [5.41, 5.74) is 0. The van der Waals surface area contributed by atoms with Crippen LogP contribution in [0.2, 0.25) is 0 Å². The molecule has 0 atom stereocenters. The summed E-state index contributed by atoms with van der Waals surface area (Å²) >= 11 is 13.8. The van der Waals surface area contributed by atoms with E-state index < -0.39 is 5.96 Å². The van der Waals surface area contributed by atoms with Crippen LogP contribution in [0.1, 0.15) is 25.7 Å². The molecular weight excluding hydrogens is 414 g/mol. The molecule has 0 saturated carbocycles. The molecule has 0 N–H and O–H groups in total. The minimum atomic E-state index is -3.15. The molecule has 29 heavy (non-hydrogen) atoms. The first-order valence-corrected chi connectivity index (χ1v) is 14.2. The number of benzene rings is 3. The standard InChI is InChI=1S/C26H29Cl2P/c27-22-14-3-1-2-4-15-23-29(28,24-16-8-5-9-17-24,25-18-10-6-11-19-25)26-20-12-7-13-21-26/h4-13,15-21H,1-3,14,22-23H2. The molecule has 0 heterocycles. The summed E-state index contributed by atoms with van der Waals surface area (Å²) in [6.07, 6.45) is 9.91. The first-order valence-electron chi connectivity index (χ1n) is 10.3. The molecule has 3 aromatic rings. The Hall–Kier alpha value is -1.59. The van der Waals surface area contributed by atoms with E-state index in [-0.39, 0.29) is 0 Å². The Labute approximate surface area is 185 Å². The first kappa shape index (κ1) is 22.1. The monoisotopic (exact) mass is 442 g/mol. The van der Waals surface area contributed by atoms with E-state index in [2.05, 4.69) is 103 Å². The molecule has 0 aromatic heterocycles. The Balaban J connectivity index is 2.08. The van der Waals surface area contributed by atoms with Crippen molar-refractivity contribution in [3.63, 3.8) is 0 Å². The molecule has 0 aliphatic heterocycles. The van der Waals surface area contributed by atoms with E-state index in [4.69, 9.17) is 22.8 Å². The zero-order valence-electron chi connectivity index (χ0n) is 16.8. The van der Waals surface area contributed by atoms with Crippen molar-refractivity contribution in [3.8, 4) is 0 Å². The molecule has 0 aliphatic carbocycles. The Kier molecular flexibility index (Phi) is 7.96. The number of allylic oxidation sites excluding steroid dienone is 2. The third kappa shape index (κ3) is 4.77. The number of halogens is 2. The molecule has 3 heteroatoms. The quantitative estimate of drug-likeness (QED) is 0.137. The SMILES string of the molecule is ClCCCCCC=CCP(Cl)(c1ccccc1)(c1ccccc1)c1ccccc1. The average molecular weight is 443 g/mol. The molecule has 0 bridgehead atoms. The third-order valence-corrected chi connectivity index (χ3v) is 13.0. The number of unbranched alkanes of at least 4 members (excludes halogenated alkanes) is 3. The van der Waals surface area contributed by atoms with E-state index in [1.54, 1.807) is 0 Å². The fourth-order valence-electron chi connectivity index (χ4n) is 3.90. The summed E-state index contributed by atoms with van der Waals surface area (Å²) in [4.78, 5) is 0. The van der Waals surface area contributed by atoms with Crippen LogP contribution in [-0.2, 0) is 0 Å². The van der Waals surface area contributed by atoms with E-state index >= 15 is 0 Å². The van der Waals surface area contributed by atoms with Crippen LogP contribution >= 0.6 is 28.8 Å². The fourth-order valence-corrected chi connectivity index (χ4v) is 9.80. The van der Waals surface area contributed by atoms with Crippen molar-refractivity contribution in [2.24, 2.45) is 0 Å². The normalized spacial score (nSPS) is 13.2. The van der Waals surface area contributed by atoms with Crippen LogP contribution in [0, 0.1) is 0 Å². The number of rotatable bonds is 10. The molecule has 0 aliphatic rings. The van der Waals surface area contributed by atoms with Crippen molar-refractivity contribution in [2.45, 2.75) is 25.7 Å². The van der Waals surface area contributed by atoms with Crippen LogP contribution < -0.4 is 15.9 Å². The molecule has 0 saturated heterocycles. The second-order valence-corrected chi connectivity index (χ2v) is 14.3. The van der Waals surface area contributed by atoms with E-state index in [1.807, 2.05) is 0 Å². The molecule has 3 rings (SSSR count). The Bertz CT molecular complexity index is 792. The van der Waals surface area contributed by atoms with Gasteiger partial charge in [-0.3, -0.25) is 0 Å². The predicted molar refractivity (Wildman–Crippen MR) is 134 cm³/mol. The van der Waals surface area contributed by atoms with Crippen molar-refractivity contribution in [1.82, 2.24) is 0 Å². The number of hydrogen-bond acceptors (Lipinski definition) is 0. The minimum absolute atomic E-state index is 0.748. The zero-order chi connectivity index (χ0) is 20.4. The second-order valence-electron chi connectivity index (χ2n) is 7.38. The van der Waals surface area contributed by atoms with Gasteiger partial charge >= 0.3 is 186 Å². The van der Waals surface area contributed by atoms with Gasteiger partial charge in [-0.05, 0) is 0 Å². The van der Waals surface area contributed by atoms with Crippen LogP contribution in [0.5, 0.6) is 0 Å². The molecule has 0 radical (unpaired) electrons. The van der Waals surface area contributed by atoms with Crippen LogP contribution in [0.15, 0.2) is 103 Å². The Morgan fingerprint density at radius 1 is 0.586 bits per heavy atom.